The van der Waals surface area contributed by atoms with Gasteiger partial charge in [-0.25, -0.2) is 4.79 Å². The highest BCUT2D eigenvalue weighted by atomic mass is 16.4. The summed E-state index contributed by atoms with van der Waals surface area (Å²) in [5.41, 5.74) is 5.39. The number of nitrogens with one attached hydrogen (secondary N) is 2. The number of nitrogens with zero attached hydrogens (tertiary/aromatic N) is 1. The molecule has 0 spiro atoms. The van der Waals surface area contributed by atoms with E-state index in [-0.39, 0.29) is 31.2 Å². The van der Waals surface area contributed by atoms with E-state index in [2.05, 4.69) is 10.6 Å². The number of aryl methyl sites for hydroxylation is 1. The molecule has 4 N–H and O–H groups in total. The van der Waals surface area contributed by atoms with Gasteiger partial charge in [0.15, 0.2) is 0 Å². The van der Waals surface area contributed by atoms with Gasteiger partial charge in [-0.3, -0.25) is 14.4 Å². The van der Waals surface area contributed by atoms with Crippen molar-refractivity contribution < 1.29 is 29.4 Å². The Bertz CT molecular complexity index is 1350. The predicted molar refractivity (Wildman–Crippen MR) is 144 cm³/mol. The summed E-state index contributed by atoms with van der Waals surface area (Å²) in [6.45, 7) is 2.41. The molecule has 3 amide bonds. The van der Waals surface area contributed by atoms with Crippen molar-refractivity contribution in [1.29, 1.82) is 0 Å². The van der Waals surface area contributed by atoms with E-state index < -0.39 is 17.9 Å². The predicted octanol–water partition coefficient (Wildman–Crippen LogP) is 4.80. The maximum absolute atomic E-state index is 13.1. The first-order valence-electron chi connectivity index (χ1n) is 12.3. The van der Waals surface area contributed by atoms with Crippen LogP contribution < -0.4 is 15.5 Å². The van der Waals surface area contributed by atoms with Crippen LogP contribution in [-0.2, 0) is 27.2 Å². The molecule has 0 atom stereocenters. The summed E-state index contributed by atoms with van der Waals surface area (Å²) < 4.78 is 0. The van der Waals surface area contributed by atoms with Crippen LogP contribution in [0.15, 0.2) is 66.7 Å². The van der Waals surface area contributed by atoms with Gasteiger partial charge in [0, 0.05) is 29.5 Å². The number of carboxylic acids is 2. The highest BCUT2D eigenvalue weighted by molar-refractivity contribution is 6.00. The van der Waals surface area contributed by atoms with E-state index in [9.17, 15) is 19.2 Å². The summed E-state index contributed by atoms with van der Waals surface area (Å²) >= 11 is 0. The van der Waals surface area contributed by atoms with Gasteiger partial charge in [0.05, 0.1) is 19.3 Å². The Morgan fingerprint density at radius 1 is 0.895 bits per heavy atom. The van der Waals surface area contributed by atoms with Gasteiger partial charge in [-0.1, -0.05) is 42.5 Å². The molecule has 0 unspecified atom stereocenters. The smallest absolute Gasteiger partial charge is 0.323 e. The lowest BCUT2D eigenvalue weighted by Gasteiger charge is -2.19. The van der Waals surface area contributed by atoms with Gasteiger partial charge in [0.1, 0.15) is 0 Å². The molecule has 0 saturated carbocycles. The van der Waals surface area contributed by atoms with E-state index in [1.165, 1.54) is 0 Å². The minimum Gasteiger partial charge on any atom is -0.481 e. The molecule has 3 aromatic carbocycles. The summed E-state index contributed by atoms with van der Waals surface area (Å²) in [5, 5.41) is 23.9. The second-order valence-electron chi connectivity index (χ2n) is 9.34. The van der Waals surface area contributed by atoms with Gasteiger partial charge in [-0.15, -0.1) is 0 Å². The van der Waals surface area contributed by atoms with Crippen molar-refractivity contribution in [2.45, 2.75) is 38.5 Å². The maximum atomic E-state index is 13.1. The molecule has 9 heteroatoms. The van der Waals surface area contributed by atoms with Crippen LogP contribution >= 0.6 is 0 Å². The molecular weight excluding hydrogens is 486 g/mol. The summed E-state index contributed by atoms with van der Waals surface area (Å²) in [6, 6.07) is 19.5. The fourth-order valence-electron chi connectivity index (χ4n) is 4.64. The van der Waals surface area contributed by atoms with E-state index in [0.29, 0.717) is 24.2 Å². The first-order chi connectivity index (χ1) is 18.2. The van der Waals surface area contributed by atoms with Crippen LogP contribution in [0.25, 0.3) is 0 Å². The number of hydrogen-bond donors (Lipinski definition) is 4. The normalized spacial score (nSPS) is 12.2. The number of rotatable bonds is 9. The molecule has 0 bridgehead atoms. The van der Waals surface area contributed by atoms with E-state index >= 15 is 0 Å². The van der Waals surface area contributed by atoms with Crippen molar-refractivity contribution in [3.63, 3.8) is 0 Å². The second-order valence-corrected chi connectivity index (χ2v) is 9.34. The molecule has 0 radical (unpaired) electrons. The van der Waals surface area contributed by atoms with Crippen LogP contribution in [0.4, 0.5) is 21.9 Å². The summed E-state index contributed by atoms with van der Waals surface area (Å²) in [6.07, 6.45) is 0.246. The molecule has 0 saturated heterocycles. The number of amides is 3. The Labute approximate surface area is 220 Å². The molecule has 0 aromatic heterocycles. The third-order valence-electron chi connectivity index (χ3n) is 6.57. The molecule has 1 aliphatic rings. The number of para-hydroxylation sites is 1. The molecular formula is C29H29N3O6. The Morgan fingerprint density at radius 2 is 1.58 bits per heavy atom. The molecule has 4 rings (SSSR count). The first kappa shape index (κ1) is 26.4. The Kier molecular flexibility index (Phi) is 8.06. The van der Waals surface area contributed by atoms with E-state index in [1.54, 1.807) is 41.3 Å². The summed E-state index contributed by atoms with van der Waals surface area (Å²) in [4.78, 5) is 49.5. The Balaban J connectivity index is 1.37. The topological polar surface area (TPSA) is 136 Å². The molecule has 0 fully saturated rings. The minimum atomic E-state index is -1.05. The number of anilines is 3. The van der Waals surface area contributed by atoms with Crippen LogP contribution in [0.1, 0.15) is 41.0 Å². The van der Waals surface area contributed by atoms with E-state index in [1.807, 2.05) is 37.3 Å². The van der Waals surface area contributed by atoms with Crippen LogP contribution in [0.2, 0.25) is 0 Å². The Morgan fingerprint density at radius 3 is 2.24 bits per heavy atom. The van der Waals surface area contributed by atoms with Crippen molar-refractivity contribution in [3.8, 4) is 0 Å². The molecule has 38 heavy (non-hydrogen) atoms. The quantitative estimate of drug-likeness (QED) is 0.323. The number of carbonyl (C=O) groups excluding carboxylic acids is 2. The van der Waals surface area contributed by atoms with Gasteiger partial charge in [-0.2, -0.15) is 0 Å². The van der Waals surface area contributed by atoms with Gasteiger partial charge < -0.3 is 25.7 Å². The molecule has 196 valence electrons. The fraction of sp³-hybridized carbons (Fsp3) is 0.241. The van der Waals surface area contributed by atoms with E-state index in [0.717, 1.165) is 28.1 Å². The van der Waals surface area contributed by atoms with Crippen LogP contribution in [0.5, 0.6) is 0 Å². The zero-order valence-electron chi connectivity index (χ0n) is 20.9. The number of hydrogen-bond acceptors (Lipinski definition) is 4. The largest absolute Gasteiger partial charge is 0.481 e. The zero-order valence-corrected chi connectivity index (χ0v) is 20.9. The van der Waals surface area contributed by atoms with Crippen LogP contribution in [-0.4, -0.2) is 40.6 Å². The average Bonchev–Trinajstić information content (AvgIpc) is 3.29. The van der Waals surface area contributed by atoms with Gasteiger partial charge in [0.2, 0.25) is 5.91 Å². The number of urea groups is 1. The van der Waals surface area contributed by atoms with Crippen molar-refractivity contribution in [3.05, 3.63) is 89.0 Å². The van der Waals surface area contributed by atoms with Crippen molar-refractivity contribution in [1.82, 2.24) is 0 Å². The number of aliphatic carboxylic acids is 2. The Hall–Kier alpha value is -4.66. The van der Waals surface area contributed by atoms with Gasteiger partial charge >= 0.3 is 18.0 Å². The lowest BCUT2D eigenvalue weighted by molar-refractivity contribution is -0.139. The fourth-order valence-corrected chi connectivity index (χ4v) is 4.64. The summed E-state index contributed by atoms with van der Waals surface area (Å²) in [5.74, 6) is -2.82. The third-order valence-corrected chi connectivity index (χ3v) is 6.57. The monoisotopic (exact) mass is 515 g/mol. The standard InChI is InChI=1S/C29H29N3O6/c1-18-4-2-3-5-24(18)31-29(38)30-23-9-6-19(7-10-23)14-26(33)32-13-12-21-15-20(8-11-25(21)32)22(16-27(34)35)17-28(36)37/h2-11,15,22H,12-14,16-17H2,1H3,(H,34,35)(H,36,37)(H2,30,31,38). The lowest BCUT2D eigenvalue weighted by atomic mass is 9.91. The van der Waals surface area contributed by atoms with E-state index in [4.69, 9.17) is 10.2 Å². The third kappa shape index (κ3) is 6.56. The zero-order chi connectivity index (χ0) is 27.2. The number of carbonyl (C=O) groups is 4. The van der Waals surface area contributed by atoms with Crippen LogP contribution in [0.3, 0.4) is 0 Å². The number of benzene rings is 3. The molecule has 0 aliphatic carbocycles. The number of carboxylic acid groups (broad SMARTS) is 2. The van der Waals surface area contributed by atoms with Crippen molar-refractivity contribution in [2.24, 2.45) is 0 Å². The molecule has 9 nitrogen and oxygen atoms in total. The van der Waals surface area contributed by atoms with Gasteiger partial charge in [0.25, 0.3) is 0 Å². The van der Waals surface area contributed by atoms with Gasteiger partial charge in [-0.05, 0) is 59.9 Å². The summed E-state index contributed by atoms with van der Waals surface area (Å²) in [7, 11) is 0. The van der Waals surface area contributed by atoms with Crippen molar-refractivity contribution in [2.75, 3.05) is 22.1 Å². The first-order valence-corrected chi connectivity index (χ1v) is 12.3. The highest BCUT2D eigenvalue weighted by Gasteiger charge is 2.27. The molecule has 1 heterocycles. The SMILES string of the molecule is Cc1ccccc1NC(=O)Nc1ccc(CC(=O)N2CCc3cc(C(CC(=O)O)CC(=O)O)ccc32)cc1. The average molecular weight is 516 g/mol. The lowest BCUT2D eigenvalue weighted by Crippen LogP contribution is -2.30. The highest BCUT2D eigenvalue weighted by Crippen LogP contribution is 2.33. The van der Waals surface area contributed by atoms with Crippen molar-refractivity contribution >= 4 is 40.9 Å². The minimum absolute atomic E-state index is 0.0814. The molecule has 1 aliphatic heterocycles. The maximum Gasteiger partial charge on any atom is 0.323 e. The van der Waals surface area contributed by atoms with Crippen LogP contribution in [0, 0.1) is 6.92 Å². The second kappa shape index (κ2) is 11.6. The molecule has 3 aromatic rings. The number of fused-ring (bicyclic) bond motifs is 1.